The third-order valence-corrected chi connectivity index (χ3v) is 4.49. The minimum absolute atomic E-state index is 0.319. The largest absolute Gasteiger partial charge is 0.445 e. The lowest BCUT2D eigenvalue weighted by molar-refractivity contribution is 0.0839. The number of benzene rings is 1. The minimum atomic E-state index is -0.781. The summed E-state index contributed by atoms with van der Waals surface area (Å²) in [6.45, 7) is 1.92. The maximum absolute atomic E-state index is 10.9. The van der Waals surface area contributed by atoms with Crippen LogP contribution in [0.5, 0.6) is 0 Å². The number of amides is 1. The predicted octanol–water partition coefficient (Wildman–Crippen LogP) is 2.17. The van der Waals surface area contributed by atoms with Gasteiger partial charge in [-0.15, -0.1) is 0 Å². The van der Waals surface area contributed by atoms with Crippen LogP contribution in [0.4, 0.5) is 4.79 Å². The van der Waals surface area contributed by atoms with E-state index in [0.717, 1.165) is 9.13 Å². The zero-order valence-electron chi connectivity index (χ0n) is 10.1. The number of aliphatic hydroxyl groups is 1. The summed E-state index contributed by atoms with van der Waals surface area (Å²) in [5.41, 5.74) is 5.62. The first kappa shape index (κ1) is 13.6. The first-order valence-electron chi connectivity index (χ1n) is 5.91. The van der Waals surface area contributed by atoms with E-state index in [9.17, 15) is 9.90 Å². The number of rotatable bonds is 4. The quantitative estimate of drug-likeness (QED) is 0.808. The van der Waals surface area contributed by atoms with Gasteiger partial charge in [0.15, 0.2) is 0 Å². The fourth-order valence-corrected chi connectivity index (χ4v) is 3.44. The first-order chi connectivity index (χ1) is 8.52. The van der Waals surface area contributed by atoms with Gasteiger partial charge in [-0.05, 0) is 40.6 Å². The highest BCUT2D eigenvalue weighted by Crippen LogP contribution is 2.54. The van der Waals surface area contributed by atoms with Crippen LogP contribution in [0.3, 0.4) is 0 Å². The molecule has 1 saturated carbocycles. The van der Waals surface area contributed by atoms with E-state index < -0.39 is 17.6 Å². The summed E-state index contributed by atoms with van der Waals surface area (Å²) in [4.78, 5) is 10.9. The SMILES string of the molecule is CCC(O)[C@@]1(c2ccccc2I)C[C@@H]1OC(N)=O. The van der Waals surface area contributed by atoms with Crippen molar-refractivity contribution in [3.63, 3.8) is 0 Å². The number of carbonyl (C=O) groups is 1. The van der Waals surface area contributed by atoms with Crippen molar-refractivity contribution in [2.45, 2.75) is 37.4 Å². The summed E-state index contributed by atoms with van der Waals surface area (Å²) >= 11 is 2.24. The Morgan fingerprint density at radius 2 is 2.33 bits per heavy atom. The maximum Gasteiger partial charge on any atom is 0.404 e. The van der Waals surface area contributed by atoms with Crippen molar-refractivity contribution < 1.29 is 14.6 Å². The van der Waals surface area contributed by atoms with Gasteiger partial charge < -0.3 is 15.6 Å². The molecule has 1 amide bonds. The number of hydrogen-bond donors (Lipinski definition) is 2. The normalized spacial score (nSPS) is 27.6. The van der Waals surface area contributed by atoms with Crippen LogP contribution in [-0.2, 0) is 10.2 Å². The Bertz CT molecular complexity index is 465. The molecule has 1 aromatic carbocycles. The Kier molecular flexibility index (Phi) is 3.82. The molecule has 1 fully saturated rings. The fraction of sp³-hybridized carbons (Fsp3) is 0.462. The van der Waals surface area contributed by atoms with Gasteiger partial charge in [-0.25, -0.2) is 4.79 Å². The molecule has 1 aliphatic carbocycles. The minimum Gasteiger partial charge on any atom is -0.445 e. The number of ether oxygens (including phenoxy) is 1. The van der Waals surface area contributed by atoms with Crippen LogP contribution in [0.2, 0.25) is 0 Å². The van der Waals surface area contributed by atoms with Crippen LogP contribution in [0.1, 0.15) is 25.3 Å². The Hall–Kier alpha value is -0.820. The van der Waals surface area contributed by atoms with E-state index in [2.05, 4.69) is 22.6 Å². The van der Waals surface area contributed by atoms with Crippen molar-refractivity contribution in [1.82, 2.24) is 0 Å². The van der Waals surface area contributed by atoms with E-state index in [1.807, 2.05) is 31.2 Å². The van der Waals surface area contributed by atoms with Gasteiger partial charge in [0.1, 0.15) is 6.10 Å². The molecule has 2 rings (SSSR count). The predicted molar refractivity (Wildman–Crippen MR) is 76.2 cm³/mol. The van der Waals surface area contributed by atoms with Crippen molar-refractivity contribution in [3.8, 4) is 0 Å². The van der Waals surface area contributed by atoms with Gasteiger partial charge in [-0.2, -0.15) is 0 Å². The third kappa shape index (κ3) is 2.21. The summed E-state index contributed by atoms with van der Waals surface area (Å²) in [6.07, 6.45) is -0.385. The second kappa shape index (κ2) is 5.05. The molecule has 1 aliphatic rings. The van der Waals surface area contributed by atoms with Crippen LogP contribution >= 0.6 is 22.6 Å². The van der Waals surface area contributed by atoms with Crippen molar-refractivity contribution >= 4 is 28.7 Å². The highest BCUT2D eigenvalue weighted by Gasteiger charge is 2.62. The zero-order chi connectivity index (χ0) is 13.3. The summed E-state index contributed by atoms with van der Waals surface area (Å²) in [5.74, 6) is 0. The molecule has 3 atom stereocenters. The Balaban J connectivity index is 2.35. The van der Waals surface area contributed by atoms with Crippen molar-refractivity contribution in [2.75, 3.05) is 0 Å². The molecular formula is C13H16INO3. The summed E-state index contributed by atoms with van der Waals surface area (Å²) in [6, 6.07) is 7.84. The van der Waals surface area contributed by atoms with E-state index in [4.69, 9.17) is 10.5 Å². The molecule has 5 heteroatoms. The number of aliphatic hydroxyl groups excluding tert-OH is 1. The highest BCUT2D eigenvalue weighted by molar-refractivity contribution is 14.1. The highest BCUT2D eigenvalue weighted by atomic mass is 127. The van der Waals surface area contributed by atoms with Gasteiger partial charge in [-0.3, -0.25) is 0 Å². The molecule has 0 heterocycles. The number of halogens is 1. The van der Waals surface area contributed by atoms with Crippen molar-refractivity contribution in [2.24, 2.45) is 5.73 Å². The van der Waals surface area contributed by atoms with E-state index in [1.54, 1.807) is 0 Å². The van der Waals surface area contributed by atoms with Gasteiger partial charge in [0.05, 0.1) is 11.5 Å². The summed E-state index contributed by atoms with van der Waals surface area (Å²) in [7, 11) is 0. The van der Waals surface area contributed by atoms with Crippen molar-refractivity contribution in [3.05, 3.63) is 33.4 Å². The lowest BCUT2D eigenvalue weighted by atomic mass is 9.88. The van der Waals surface area contributed by atoms with Crippen LogP contribution in [0, 0.1) is 3.57 Å². The number of primary amides is 1. The van der Waals surface area contributed by atoms with Gasteiger partial charge in [-0.1, -0.05) is 25.1 Å². The third-order valence-electron chi connectivity index (χ3n) is 3.55. The molecule has 98 valence electrons. The van der Waals surface area contributed by atoms with E-state index in [-0.39, 0.29) is 6.10 Å². The average molecular weight is 361 g/mol. The Morgan fingerprint density at radius 1 is 1.67 bits per heavy atom. The van der Waals surface area contributed by atoms with E-state index in [1.165, 1.54) is 0 Å². The molecule has 1 unspecified atom stereocenters. The van der Waals surface area contributed by atoms with Gasteiger partial charge in [0.25, 0.3) is 0 Å². The first-order valence-corrected chi connectivity index (χ1v) is 6.99. The molecule has 3 N–H and O–H groups in total. The van der Waals surface area contributed by atoms with Crippen molar-refractivity contribution in [1.29, 1.82) is 0 Å². The van der Waals surface area contributed by atoms with Crippen LogP contribution in [0.15, 0.2) is 24.3 Å². The monoisotopic (exact) mass is 361 g/mol. The molecule has 0 radical (unpaired) electrons. The topological polar surface area (TPSA) is 72.6 Å². The molecule has 1 aromatic rings. The molecular weight excluding hydrogens is 345 g/mol. The molecule has 0 saturated heterocycles. The molecule has 0 spiro atoms. The molecule has 0 bridgehead atoms. The number of carbonyl (C=O) groups excluding carboxylic acids is 1. The second-order valence-corrected chi connectivity index (χ2v) is 5.74. The maximum atomic E-state index is 10.9. The molecule has 4 nitrogen and oxygen atoms in total. The van der Waals surface area contributed by atoms with Crippen LogP contribution < -0.4 is 5.73 Å². The summed E-state index contributed by atoms with van der Waals surface area (Å²) < 4.78 is 6.15. The van der Waals surface area contributed by atoms with Gasteiger partial charge in [0, 0.05) is 9.99 Å². The van der Waals surface area contributed by atoms with Crippen LogP contribution in [-0.4, -0.2) is 23.4 Å². The Labute approximate surface area is 120 Å². The van der Waals surface area contributed by atoms with E-state index >= 15 is 0 Å². The Morgan fingerprint density at radius 3 is 2.89 bits per heavy atom. The average Bonchev–Trinajstić information content (AvgIpc) is 3.03. The lowest BCUT2D eigenvalue weighted by Gasteiger charge is -2.24. The zero-order valence-corrected chi connectivity index (χ0v) is 12.3. The fourth-order valence-electron chi connectivity index (χ4n) is 2.55. The summed E-state index contributed by atoms with van der Waals surface area (Å²) in [5, 5.41) is 10.3. The standard InChI is InChI=1S/C13H16INO3/c1-2-10(16)13(7-11(13)18-12(15)17)8-5-3-4-6-9(8)14/h3-6,10-11,16H,2,7H2,1H3,(H2,15,17)/t10?,11-,13-/m0/s1. The lowest BCUT2D eigenvalue weighted by Crippen LogP contribution is -2.32. The molecule has 18 heavy (non-hydrogen) atoms. The smallest absolute Gasteiger partial charge is 0.404 e. The number of nitrogens with two attached hydrogens (primary N) is 1. The number of hydrogen-bond acceptors (Lipinski definition) is 3. The van der Waals surface area contributed by atoms with Gasteiger partial charge >= 0.3 is 6.09 Å². The van der Waals surface area contributed by atoms with Crippen LogP contribution in [0.25, 0.3) is 0 Å². The van der Waals surface area contributed by atoms with Gasteiger partial charge in [0.2, 0.25) is 0 Å². The van der Waals surface area contributed by atoms with E-state index in [0.29, 0.717) is 12.8 Å². The molecule has 0 aliphatic heterocycles. The molecule has 0 aromatic heterocycles. The second-order valence-electron chi connectivity index (χ2n) is 4.57.